The van der Waals surface area contributed by atoms with Crippen molar-refractivity contribution in [3.8, 4) is 10.4 Å². The number of nitrogens with zero attached hydrogens (tertiary/aromatic N) is 1. The second kappa shape index (κ2) is 4.24. The molecule has 0 saturated heterocycles. The van der Waals surface area contributed by atoms with E-state index in [1.165, 1.54) is 17.4 Å². The highest BCUT2D eigenvalue weighted by Crippen LogP contribution is 2.33. The molecule has 80 valence electrons. The first-order valence-electron chi connectivity index (χ1n) is 4.51. The largest absolute Gasteiger partial charge is 0.297 e. The molecule has 4 nitrogen and oxygen atoms in total. The Morgan fingerprint density at radius 1 is 1.19 bits per heavy atom. The van der Waals surface area contributed by atoms with E-state index in [0.717, 1.165) is 11.2 Å². The molecule has 0 N–H and O–H groups in total. The van der Waals surface area contributed by atoms with Gasteiger partial charge in [-0.3, -0.25) is 14.9 Å². The second-order valence-corrected chi connectivity index (χ2v) is 4.21. The summed E-state index contributed by atoms with van der Waals surface area (Å²) in [5, 5.41) is 10.8. The van der Waals surface area contributed by atoms with E-state index in [1.807, 2.05) is 0 Å². The van der Waals surface area contributed by atoms with Gasteiger partial charge in [0.1, 0.15) is 0 Å². The van der Waals surface area contributed by atoms with Crippen molar-refractivity contribution in [1.29, 1.82) is 0 Å². The summed E-state index contributed by atoms with van der Waals surface area (Å²) in [7, 11) is 0. The normalized spacial score (nSPS) is 10.0. The molecule has 1 aromatic heterocycles. The molecular formula is C11H7NO3S. The Labute approximate surface area is 95.3 Å². The Hall–Kier alpha value is -2.01. The molecule has 1 heterocycles. The van der Waals surface area contributed by atoms with Crippen molar-refractivity contribution in [3.05, 3.63) is 51.4 Å². The van der Waals surface area contributed by atoms with Crippen LogP contribution in [0.4, 0.5) is 5.69 Å². The highest BCUT2D eigenvalue weighted by Gasteiger charge is 2.15. The van der Waals surface area contributed by atoms with Crippen LogP contribution < -0.4 is 0 Å². The molecular weight excluding hydrogens is 226 g/mol. The number of thiophene rings is 1. The molecule has 0 unspecified atom stereocenters. The summed E-state index contributed by atoms with van der Waals surface area (Å²) >= 11 is 1.25. The fraction of sp³-hybridized carbons (Fsp3) is 0. The summed E-state index contributed by atoms with van der Waals surface area (Å²) in [4.78, 5) is 22.2. The van der Waals surface area contributed by atoms with Gasteiger partial charge in [-0.25, -0.2) is 0 Å². The number of carbonyl (C=O) groups excluding carboxylic acids is 1. The Morgan fingerprint density at radius 2 is 1.94 bits per heavy atom. The number of nitro groups is 1. The molecule has 2 aromatic rings. The van der Waals surface area contributed by atoms with Gasteiger partial charge in [0.15, 0.2) is 6.29 Å². The number of hydrogen-bond acceptors (Lipinski definition) is 4. The highest BCUT2D eigenvalue weighted by atomic mass is 32.1. The minimum atomic E-state index is -0.421. The van der Waals surface area contributed by atoms with Gasteiger partial charge in [-0.1, -0.05) is 12.1 Å². The van der Waals surface area contributed by atoms with Crippen LogP contribution in [0.3, 0.4) is 0 Å². The highest BCUT2D eigenvalue weighted by molar-refractivity contribution is 7.17. The Morgan fingerprint density at radius 3 is 2.56 bits per heavy atom. The Kier molecular flexibility index (Phi) is 2.78. The summed E-state index contributed by atoms with van der Waals surface area (Å²) in [6, 6.07) is 9.87. The van der Waals surface area contributed by atoms with E-state index < -0.39 is 4.92 Å². The SMILES string of the molecule is O=Cc1ccc(-c2ccccc2[N+](=O)[O-])s1. The van der Waals surface area contributed by atoms with Gasteiger partial charge < -0.3 is 0 Å². The van der Waals surface area contributed by atoms with E-state index in [0.29, 0.717) is 10.4 Å². The molecule has 0 aliphatic heterocycles. The molecule has 0 atom stereocenters. The maximum absolute atomic E-state index is 10.8. The van der Waals surface area contributed by atoms with Gasteiger partial charge in [-0.2, -0.15) is 0 Å². The van der Waals surface area contributed by atoms with Crippen LogP contribution in [0, 0.1) is 10.1 Å². The van der Waals surface area contributed by atoms with E-state index in [2.05, 4.69) is 0 Å². The number of para-hydroxylation sites is 1. The summed E-state index contributed by atoms with van der Waals surface area (Å²) in [6.45, 7) is 0. The van der Waals surface area contributed by atoms with Crippen molar-refractivity contribution in [3.63, 3.8) is 0 Å². The van der Waals surface area contributed by atoms with Crippen LogP contribution in [0.25, 0.3) is 10.4 Å². The maximum atomic E-state index is 10.8. The monoisotopic (exact) mass is 233 g/mol. The van der Waals surface area contributed by atoms with Crippen molar-refractivity contribution in [2.24, 2.45) is 0 Å². The third-order valence-electron chi connectivity index (χ3n) is 2.11. The molecule has 16 heavy (non-hydrogen) atoms. The van der Waals surface area contributed by atoms with Crippen molar-refractivity contribution in [2.45, 2.75) is 0 Å². The molecule has 0 radical (unpaired) electrons. The summed E-state index contributed by atoms with van der Waals surface area (Å²) in [5.41, 5.74) is 0.604. The van der Waals surface area contributed by atoms with E-state index in [-0.39, 0.29) is 5.69 Å². The lowest BCUT2D eigenvalue weighted by atomic mass is 10.1. The fourth-order valence-corrected chi connectivity index (χ4v) is 2.26. The van der Waals surface area contributed by atoms with Gasteiger partial charge >= 0.3 is 0 Å². The predicted molar refractivity (Wildman–Crippen MR) is 61.8 cm³/mol. The molecule has 0 aliphatic carbocycles. The molecule has 0 spiro atoms. The van der Waals surface area contributed by atoms with Gasteiger partial charge in [0, 0.05) is 10.9 Å². The van der Waals surface area contributed by atoms with Crippen molar-refractivity contribution >= 4 is 23.3 Å². The number of benzene rings is 1. The minimum Gasteiger partial charge on any atom is -0.297 e. The number of carbonyl (C=O) groups is 1. The molecule has 2 rings (SSSR count). The summed E-state index contributed by atoms with van der Waals surface area (Å²) in [5.74, 6) is 0. The van der Waals surface area contributed by atoms with Gasteiger partial charge in [0.05, 0.1) is 15.4 Å². The van der Waals surface area contributed by atoms with E-state index in [9.17, 15) is 14.9 Å². The molecule has 0 saturated carbocycles. The topological polar surface area (TPSA) is 60.2 Å². The smallest absolute Gasteiger partial charge is 0.278 e. The molecule has 0 aliphatic rings. The first-order chi connectivity index (χ1) is 7.72. The second-order valence-electron chi connectivity index (χ2n) is 3.09. The summed E-state index contributed by atoms with van der Waals surface area (Å²) < 4.78 is 0. The average Bonchev–Trinajstić information content (AvgIpc) is 2.77. The summed E-state index contributed by atoms with van der Waals surface area (Å²) in [6.07, 6.45) is 0.739. The zero-order valence-corrected chi connectivity index (χ0v) is 8.94. The lowest BCUT2D eigenvalue weighted by molar-refractivity contribution is -0.384. The third-order valence-corrected chi connectivity index (χ3v) is 3.15. The minimum absolute atomic E-state index is 0.0572. The molecule has 0 bridgehead atoms. The third kappa shape index (κ3) is 1.85. The first kappa shape index (κ1) is 10.5. The molecule has 1 aromatic carbocycles. The van der Waals surface area contributed by atoms with Crippen LogP contribution in [0.2, 0.25) is 0 Å². The number of aldehydes is 1. The van der Waals surface area contributed by atoms with Crippen LogP contribution in [0.15, 0.2) is 36.4 Å². The first-order valence-corrected chi connectivity index (χ1v) is 5.33. The molecule has 5 heteroatoms. The quantitative estimate of drug-likeness (QED) is 0.465. The van der Waals surface area contributed by atoms with Crippen LogP contribution in [0.1, 0.15) is 9.67 Å². The Bertz CT molecular complexity index is 548. The molecule has 0 fully saturated rings. The predicted octanol–water partition coefficient (Wildman–Crippen LogP) is 3.14. The van der Waals surface area contributed by atoms with Gasteiger partial charge in [0.25, 0.3) is 5.69 Å². The van der Waals surface area contributed by atoms with Gasteiger partial charge in [0.2, 0.25) is 0 Å². The van der Waals surface area contributed by atoms with Crippen molar-refractivity contribution in [1.82, 2.24) is 0 Å². The standard InChI is InChI=1S/C11H7NO3S/c13-7-8-5-6-11(16-8)9-3-1-2-4-10(9)12(14)15/h1-7H. The Balaban J connectivity index is 2.54. The zero-order valence-electron chi connectivity index (χ0n) is 8.12. The lowest BCUT2D eigenvalue weighted by Gasteiger charge is -1.98. The zero-order chi connectivity index (χ0) is 11.5. The number of nitro benzene ring substituents is 1. The fourth-order valence-electron chi connectivity index (χ4n) is 1.40. The number of hydrogen-bond donors (Lipinski definition) is 0. The average molecular weight is 233 g/mol. The molecule has 0 amide bonds. The van der Waals surface area contributed by atoms with Crippen molar-refractivity contribution < 1.29 is 9.72 Å². The van der Waals surface area contributed by atoms with E-state index >= 15 is 0 Å². The van der Waals surface area contributed by atoms with Gasteiger partial charge in [-0.15, -0.1) is 11.3 Å². The van der Waals surface area contributed by atoms with Crippen LogP contribution in [-0.4, -0.2) is 11.2 Å². The van der Waals surface area contributed by atoms with Crippen molar-refractivity contribution in [2.75, 3.05) is 0 Å². The van der Waals surface area contributed by atoms with E-state index in [4.69, 9.17) is 0 Å². The lowest BCUT2D eigenvalue weighted by Crippen LogP contribution is -1.89. The number of rotatable bonds is 3. The maximum Gasteiger partial charge on any atom is 0.278 e. The van der Waals surface area contributed by atoms with Crippen LogP contribution in [-0.2, 0) is 0 Å². The van der Waals surface area contributed by atoms with Gasteiger partial charge in [-0.05, 0) is 18.2 Å². The van der Waals surface area contributed by atoms with E-state index in [1.54, 1.807) is 30.3 Å². The van der Waals surface area contributed by atoms with Crippen LogP contribution in [0.5, 0.6) is 0 Å². The van der Waals surface area contributed by atoms with Crippen LogP contribution >= 0.6 is 11.3 Å².